The van der Waals surface area contributed by atoms with Gasteiger partial charge < -0.3 is 10.1 Å². The molecule has 1 unspecified atom stereocenters. The Hall–Kier alpha value is -3.43. The highest BCUT2D eigenvalue weighted by atomic mass is 16.5. The average Bonchev–Trinajstić information content (AvgIpc) is 3.18. The number of aromatic amines is 1. The summed E-state index contributed by atoms with van der Waals surface area (Å²) in [6, 6.07) is 5.61. The van der Waals surface area contributed by atoms with Crippen LogP contribution in [-0.4, -0.2) is 39.8 Å². The van der Waals surface area contributed by atoms with Crippen LogP contribution in [0.15, 0.2) is 33.9 Å². The maximum atomic E-state index is 12.4. The van der Waals surface area contributed by atoms with Crippen LogP contribution in [0.3, 0.4) is 0 Å². The van der Waals surface area contributed by atoms with E-state index in [1.54, 1.807) is 12.1 Å². The van der Waals surface area contributed by atoms with Crippen molar-refractivity contribution >= 4 is 28.7 Å². The standard InChI is InChI=1S/C19H22N4O6/c1-11(16(25)21-19(28)20-12-6-2-3-7-12)29-15(24)10-23-18(27)14-9-5-4-8-13(14)17(26)22-23/h4-5,8-9,11-12H,2-3,6-7,10H2,1H3,(H,22,26)(H2,20,21,25,28). The summed E-state index contributed by atoms with van der Waals surface area (Å²) in [6.45, 7) is 0.729. The summed E-state index contributed by atoms with van der Waals surface area (Å²) in [4.78, 5) is 60.4. The summed E-state index contributed by atoms with van der Waals surface area (Å²) in [7, 11) is 0. The fraction of sp³-hybridized carbons (Fsp3) is 0.421. The molecule has 3 amide bonds. The van der Waals surface area contributed by atoms with Crippen LogP contribution in [0, 0.1) is 0 Å². The summed E-state index contributed by atoms with van der Waals surface area (Å²) in [5.41, 5.74) is -1.09. The van der Waals surface area contributed by atoms with Crippen LogP contribution >= 0.6 is 0 Å². The fourth-order valence-electron chi connectivity index (χ4n) is 3.28. The molecular formula is C19H22N4O6. The summed E-state index contributed by atoms with van der Waals surface area (Å²) >= 11 is 0. The van der Waals surface area contributed by atoms with Crippen LogP contribution < -0.4 is 21.8 Å². The van der Waals surface area contributed by atoms with Crippen molar-refractivity contribution < 1.29 is 19.1 Å². The Labute approximate surface area is 165 Å². The van der Waals surface area contributed by atoms with Gasteiger partial charge in [-0.2, -0.15) is 0 Å². The molecule has 0 radical (unpaired) electrons. The van der Waals surface area contributed by atoms with Gasteiger partial charge in [-0.3, -0.25) is 29.6 Å². The Kier molecular flexibility index (Phi) is 6.10. The highest BCUT2D eigenvalue weighted by Crippen LogP contribution is 2.17. The van der Waals surface area contributed by atoms with Gasteiger partial charge >= 0.3 is 12.0 Å². The van der Waals surface area contributed by atoms with Crippen molar-refractivity contribution in [2.24, 2.45) is 0 Å². The molecule has 1 heterocycles. The Morgan fingerprint density at radius 2 is 1.83 bits per heavy atom. The number of carbonyl (C=O) groups is 3. The van der Waals surface area contributed by atoms with Crippen molar-refractivity contribution in [3.05, 3.63) is 45.0 Å². The second kappa shape index (κ2) is 8.72. The molecule has 2 aromatic rings. The zero-order valence-corrected chi connectivity index (χ0v) is 15.9. The second-order valence-corrected chi connectivity index (χ2v) is 6.95. The highest BCUT2D eigenvalue weighted by Gasteiger charge is 2.23. The van der Waals surface area contributed by atoms with Gasteiger partial charge in [-0.15, -0.1) is 0 Å². The number of carbonyl (C=O) groups excluding carboxylic acids is 3. The normalized spacial score (nSPS) is 15.1. The molecule has 1 atom stereocenters. The molecule has 1 fully saturated rings. The molecule has 3 N–H and O–H groups in total. The van der Waals surface area contributed by atoms with E-state index in [1.165, 1.54) is 19.1 Å². The van der Waals surface area contributed by atoms with Crippen LogP contribution in [0.25, 0.3) is 10.8 Å². The second-order valence-electron chi connectivity index (χ2n) is 6.95. The minimum absolute atomic E-state index is 0.0391. The lowest BCUT2D eigenvalue weighted by molar-refractivity contribution is -0.155. The first kappa shape index (κ1) is 20.3. The molecule has 1 aromatic carbocycles. The molecule has 0 bridgehead atoms. The molecule has 1 saturated carbocycles. The number of ether oxygens (including phenoxy) is 1. The Morgan fingerprint density at radius 3 is 2.52 bits per heavy atom. The number of aromatic nitrogens is 2. The minimum atomic E-state index is -1.25. The molecule has 1 aliphatic carbocycles. The predicted molar refractivity (Wildman–Crippen MR) is 103 cm³/mol. The first-order chi connectivity index (χ1) is 13.8. The van der Waals surface area contributed by atoms with Gasteiger partial charge in [-0.05, 0) is 31.9 Å². The molecule has 0 saturated heterocycles. The van der Waals surface area contributed by atoms with E-state index in [4.69, 9.17) is 4.74 Å². The number of esters is 1. The Bertz CT molecular complexity index is 1050. The van der Waals surface area contributed by atoms with Crippen molar-refractivity contribution in [1.82, 2.24) is 20.4 Å². The number of imide groups is 1. The summed E-state index contributed by atoms with van der Waals surface area (Å²) in [6.07, 6.45) is 2.54. The van der Waals surface area contributed by atoms with E-state index in [1.807, 2.05) is 0 Å². The van der Waals surface area contributed by atoms with Crippen molar-refractivity contribution in [3.8, 4) is 0 Å². The van der Waals surface area contributed by atoms with E-state index in [0.717, 1.165) is 30.4 Å². The molecule has 10 heteroatoms. The number of urea groups is 1. The van der Waals surface area contributed by atoms with Crippen LogP contribution in [-0.2, 0) is 20.9 Å². The largest absolute Gasteiger partial charge is 0.451 e. The zero-order valence-electron chi connectivity index (χ0n) is 15.9. The van der Waals surface area contributed by atoms with Gasteiger partial charge in [0.25, 0.3) is 17.0 Å². The third kappa shape index (κ3) is 4.89. The van der Waals surface area contributed by atoms with Crippen LogP contribution in [0.5, 0.6) is 0 Å². The van der Waals surface area contributed by atoms with Crippen molar-refractivity contribution in [1.29, 1.82) is 0 Å². The number of fused-ring (bicyclic) bond motifs is 1. The highest BCUT2D eigenvalue weighted by molar-refractivity contribution is 5.97. The van der Waals surface area contributed by atoms with Gasteiger partial charge in [0.2, 0.25) is 0 Å². The number of hydrogen-bond donors (Lipinski definition) is 3. The fourth-order valence-corrected chi connectivity index (χ4v) is 3.28. The molecule has 1 aromatic heterocycles. The van der Waals surface area contributed by atoms with E-state index in [0.29, 0.717) is 0 Å². The molecule has 154 valence electrons. The van der Waals surface area contributed by atoms with Crippen molar-refractivity contribution in [2.75, 3.05) is 0 Å². The molecule has 1 aliphatic rings. The molecule has 29 heavy (non-hydrogen) atoms. The summed E-state index contributed by atoms with van der Waals surface area (Å²) in [5.74, 6) is -1.69. The van der Waals surface area contributed by atoms with Gasteiger partial charge in [0.15, 0.2) is 6.10 Å². The van der Waals surface area contributed by atoms with E-state index >= 15 is 0 Å². The van der Waals surface area contributed by atoms with Crippen LogP contribution in [0.4, 0.5) is 4.79 Å². The number of benzene rings is 1. The monoisotopic (exact) mass is 402 g/mol. The molecule has 0 spiro atoms. The first-order valence-corrected chi connectivity index (χ1v) is 9.38. The maximum absolute atomic E-state index is 12.4. The summed E-state index contributed by atoms with van der Waals surface area (Å²) < 4.78 is 5.80. The average molecular weight is 402 g/mol. The van der Waals surface area contributed by atoms with Gasteiger partial charge in [-0.1, -0.05) is 25.0 Å². The quantitative estimate of drug-likeness (QED) is 0.618. The predicted octanol–water partition coefficient (Wildman–Crippen LogP) is 0.390. The van der Waals surface area contributed by atoms with Crippen LogP contribution in [0.1, 0.15) is 32.6 Å². The van der Waals surface area contributed by atoms with Crippen molar-refractivity contribution in [2.45, 2.75) is 51.3 Å². The Morgan fingerprint density at radius 1 is 1.17 bits per heavy atom. The van der Waals surface area contributed by atoms with Gasteiger partial charge in [0.05, 0.1) is 10.8 Å². The van der Waals surface area contributed by atoms with Gasteiger partial charge in [-0.25, -0.2) is 9.48 Å². The van der Waals surface area contributed by atoms with E-state index in [2.05, 4.69) is 15.7 Å². The lowest BCUT2D eigenvalue weighted by Crippen LogP contribution is -2.47. The number of nitrogens with zero attached hydrogens (tertiary/aromatic N) is 1. The van der Waals surface area contributed by atoms with E-state index in [-0.39, 0.29) is 16.8 Å². The Balaban J connectivity index is 1.58. The number of rotatable bonds is 5. The molecule has 3 rings (SSSR count). The number of amides is 3. The molecule has 10 nitrogen and oxygen atoms in total. The molecule has 0 aliphatic heterocycles. The van der Waals surface area contributed by atoms with Gasteiger partial charge in [0, 0.05) is 6.04 Å². The zero-order chi connectivity index (χ0) is 21.0. The van der Waals surface area contributed by atoms with Crippen molar-refractivity contribution in [3.63, 3.8) is 0 Å². The third-order valence-corrected chi connectivity index (χ3v) is 4.78. The van der Waals surface area contributed by atoms with Gasteiger partial charge in [0.1, 0.15) is 6.54 Å². The molecular weight excluding hydrogens is 380 g/mol. The van der Waals surface area contributed by atoms with E-state index in [9.17, 15) is 24.0 Å². The van der Waals surface area contributed by atoms with Crippen LogP contribution in [0.2, 0.25) is 0 Å². The number of hydrogen-bond acceptors (Lipinski definition) is 6. The minimum Gasteiger partial charge on any atom is -0.451 e. The van der Waals surface area contributed by atoms with E-state index < -0.39 is 41.7 Å². The number of H-pyrrole nitrogens is 1. The smallest absolute Gasteiger partial charge is 0.328 e. The third-order valence-electron chi connectivity index (χ3n) is 4.78. The summed E-state index contributed by atoms with van der Waals surface area (Å²) in [5, 5.41) is 7.50. The SMILES string of the molecule is CC(OC(=O)Cn1[nH]c(=O)c2ccccc2c1=O)C(=O)NC(=O)NC1CCCC1. The maximum Gasteiger partial charge on any atom is 0.328 e. The topological polar surface area (TPSA) is 139 Å². The first-order valence-electron chi connectivity index (χ1n) is 9.38. The lowest BCUT2D eigenvalue weighted by atomic mass is 10.2. The lowest BCUT2D eigenvalue weighted by Gasteiger charge is -2.16. The number of nitrogens with one attached hydrogen (secondary N) is 3.